The van der Waals surface area contributed by atoms with Crippen LogP contribution in [-0.4, -0.2) is 75.9 Å². The van der Waals surface area contributed by atoms with E-state index in [1.807, 2.05) is 7.05 Å². The highest BCUT2D eigenvalue weighted by molar-refractivity contribution is 4.79. The molecule has 0 aromatic rings. The highest BCUT2D eigenvalue weighted by Gasteiger charge is 2.23. The summed E-state index contributed by atoms with van der Waals surface area (Å²) in [6, 6.07) is 0.472. The normalized spacial score (nSPS) is 24.9. The van der Waals surface area contributed by atoms with Crippen LogP contribution in [0.2, 0.25) is 0 Å². The molecule has 1 atom stereocenters. The van der Waals surface area contributed by atoms with Crippen molar-refractivity contribution in [1.82, 2.24) is 15.1 Å². The topological polar surface area (TPSA) is 27.7 Å². The van der Waals surface area contributed by atoms with Gasteiger partial charge in [-0.05, 0) is 64.8 Å². The van der Waals surface area contributed by atoms with Crippen LogP contribution in [0, 0.1) is 5.92 Å². The van der Waals surface area contributed by atoms with Crippen LogP contribution in [0.3, 0.4) is 0 Å². The Morgan fingerprint density at radius 1 is 1.11 bits per heavy atom. The third-order valence-electron chi connectivity index (χ3n) is 4.68. The molecule has 2 heterocycles. The molecule has 0 aromatic carbocycles. The van der Waals surface area contributed by atoms with Crippen molar-refractivity contribution >= 4 is 0 Å². The predicted molar refractivity (Wildman–Crippen MR) is 79.6 cm³/mol. The first-order chi connectivity index (χ1) is 9.31. The Kier molecular flexibility index (Phi) is 6.57. The van der Waals surface area contributed by atoms with Crippen molar-refractivity contribution in [3.05, 3.63) is 0 Å². The van der Waals surface area contributed by atoms with Crippen molar-refractivity contribution in [1.29, 1.82) is 0 Å². The second-order valence-electron chi connectivity index (χ2n) is 6.19. The average Bonchev–Trinajstić information content (AvgIpc) is 2.93. The summed E-state index contributed by atoms with van der Waals surface area (Å²) in [6.45, 7) is 8.50. The Labute approximate surface area is 118 Å². The first-order valence-corrected chi connectivity index (χ1v) is 7.92. The maximum Gasteiger partial charge on any atom is 0.0628 e. The standard InChI is InChI=1S/C15H31N3O/c1-16-15(13-19-2)12-18-9-5-14(6-10-18)11-17-7-3-4-8-17/h14-16H,3-13H2,1-2H3. The summed E-state index contributed by atoms with van der Waals surface area (Å²) < 4.78 is 5.25. The van der Waals surface area contributed by atoms with Gasteiger partial charge in [0.1, 0.15) is 0 Å². The van der Waals surface area contributed by atoms with Crippen LogP contribution in [0.5, 0.6) is 0 Å². The van der Waals surface area contributed by atoms with Gasteiger partial charge < -0.3 is 19.9 Å². The number of nitrogens with one attached hydrogen (secondary N) is 1. The lowest BCUT2D eigenvalue weighted by Gasteiger charge is -2.35. The van der Waals surface area contributed by atoms with Gasteiger partial charge in [0.05, 0.1) is 6.61 Å². The molecule has 0 radical (unpaired) electrons. The minimum Gasteiger partial charge on any atom is -0.383 e. The fourth-order valence-electron chi connectivity index (χ4n) is 3.42. The molecule has 2 saturated heterocycles. The smallest absolute Gasteiger partial charge is 0.0628 e. The lowest BCUT2D eigenvalue weighted by molar-refractivity contribution is 0.112. The maximum absolute atomic E-state index is 5.25. The van der Waals surface area contributed by atoms with Crippen molar-refractivity contribution in [2.45, 2.75) is 31.7 Å². The number of methoxy groups -OCH3 is 1. The number of hydrogen-bond acceptors (Lipinski definition) is 4. The Balaban J connectivity index is 1.63. The van der Waals surface area contributed by atoms with E-state index in [4.69, 9.17) is 4.74 Å². The molecular formula is C15H31N3O. The first-order valence-electron chi connectivity index (χ1n) is 7.92. The molecule has 112 valence electrons. The average molecular weight is 269 g/mol. The Morgan fingerprint density at radius 3 is 2.37 bits per heavy atom. The van der Waals surface area contributed by atoms with E-state index >= 15 is 0 Å². The number of rotatable bonds is 7. The molecule has 19 heavy (non-hydrogen) atoms. The van der Waals surface area contributed by atoms with Crippen LogP contribution in [-0.2, 0) is 4.74 Å². The van der Waals surface area contributed by atoms with E-state index < -0.39 is 0 Å². The second-order valence-corrected chi connectivity index (χ2v) is 6.19. The number of hydrogen-bond donors (Lipinski definition) is 1. The Hall–Kier alpha value is -0.160. The van der Waals surface area contributed by atoms with E-state index in [1.54, 1.807) is 7.11 Å². The van der Waals surface area contributed by atoms with E-state index in [1.165, 1.54) is 58.4 Å². The van der Waals surface area contributed by atoms with Gasteiger partial charge in [0.25, 0.3) is 0 Å². The van der Waals surface area contributed by atoms with Gasteiger partial charge in [-0.15, -0.1) is 0 Å². The van der Waals surface area contributed by atoms with Gasteiger partial charge in [-0.1, -0.05) is 0 Å². The molecule has 0 bridgehead atoms. The first kappa shape index (κ1) is 15.2. The number of likely N-dealkylation sites (tertiary alicyclic amines) is 2. The Morgan fingerprint density at radius 2 is 1.79 bits per heavy atom. The molecule has 2 fully saturated rings. The highest BCUT2D eigenvalue weighted by Crippen LogP contribution is 2.20. The molecule has 2 rings (SSSR count). The molecule has 2 aliphatic heterocycles. The van der Waals surface area contributed by atoms with Crippen molar-refractivity contribution in [3.8, 4) is 0 Å². The summed E-state index contributed by atoms with van der Waals surface area (Å²) in [5.41, 5.74) is 0. The molecule has 4 heteroatoms. The predicted octanol–water partition coefficient (Wildman–Crippen LogP) is 1.03. The summed E-state index contributed by atoms with van der Waals surface area (Å²) in [4.78, 5) is 5.27. The minimum absolute atomic E-state index is 0.472. The molecule has 1 N–H and O–H groups in total. The molecule has 4 nitrogen and oxygen atoms in total. The molecular weight excluding hydrogens is 238 g/mol. The summed E-state index contributed by atoms with van der Waals surface area (Å²) in [7, 11) is 3.82. The maximum atomic E-state index is 5.25. The highest BCUT2D eigenvalue weighted by atomic mass is 16.5. The minimum atomic E-state index is 0.472. The lowest BCUT2D eigenvalue weighted by atomic mass is 9.96. The monoisotopic (exact) mass is 269 g/mol. The summed E-state index contributed by atoms with van der Waals surface area (Å²) in [5.74, 6) is 0.935. The van der Waals surface area contributed by atoms with Crippen LogP contribution < -0.4 is 5.32 Å². The van der Waals surface area contributed by atoms with E-state index in [2.05, 4.69) is 15.1 Å². The zero-order chi connectivity index (χ0) is 13.5. The largest absolute Gasteiger partial charge is 0.383 e. The zero-order valence-corrected chi connectivity index (χ0v) is 12.7. The number of likely N-dealkylation sites (N-methyl/N-ethyl adjacent to an activating group) is 1. The molecule has 0 spiro atoms. The van der Waals surface area contributed by atoms with Gasteiger partial charge in [0, 0.05) is 26.2 Å². The fourth-order valence-corrected chi connectivity index (χ4v) is 3.42. The van der Waals surface area contributed by atoms with Crippen LogP contribution in [0.25, 0.3) is 0 Å². The van der Waals surface area contributed by atoms with E-state index in [0.29, 0.717) is 6.04 Å². The molecule has 0 amide bonds. The van der Waals surface area contributed by atoms with Crippen molar-refractivity contribution < 1.29 is 4.74 Å². The quantitative estimate of drug-likeness (QED) is 0.747. The zero-order valence-electron chi connectivity index (χ0n) is 12.7. The fraction of sp³-hybridized carbons (Fsp3) is 1.00. The van der Waals surface area contributed by atoms with E-state index in [9.17, 15) is 0 Å². The van der Waals surface area contributed by atoms with Gasteiger partial charge in [0.15, 0.2) is 0 Å². The summed E-state index contributed by atoms with van der Waals surface area (Å²) in [5, 5.41) is 3.35. The van der Waals surface area contributed by atoms with Gasteiger partial charge in [0.2, 0.25) is 0 Å². The second kappa shape index (κ2) is 8.20. The molecule has 0 aromatic heterocycles. The van der Waals surface area contributed by atoms with Gasteiger partial charge in [-0.3, -0.25) is 0 Å². The van der Waals surface area contributed by atoms with Gasteiger partial charge >= 0.3 is 0 Å². The van der Waals surface area contributed by atoms with Crippen LogP contribution in [0.4, 0.5) is 0 Å². The lowest BCUT2D eigenvalue weighted by Crippen LogP contribution is -2.46. The molecule has 0 saturated carbocycles. The summed E-state index contributed by atoms with van der Waals surface area (Å²) in [6.07, 6.45) is 5.58. The number of nitrogens with zero attached hydrogens (tertiary/aromatic N) is 2. The van der Waals surface area contributed by atoms with Crippen LogP contribution >= 0.6 is 0 Å². The molecule has 1 unspecified atom stereocenters. The number of piperidine rings is 1. The molecule has 0 aliphatic carbocycles. The number of ether oxygens (including phenoxy) is 1. The SMILES string of the molecule is CNC(COC)CN1CCC(CN2CCCC2)CC1. The van der Waals surface area contributed by atoms with Crippen LogP contribution in [0.15, 0.2) is 0 Å². The molecule has 2 aliphatic rings. The third-order valence-corrected chi connectivity index (χ3v) is 4.68. The van der Waals surface area contributed by atoms with E-state index in [-0.39, 0.29) is 0 Å². The van der Waals surface area contributed by atoms with Crippen molar-refractivity contribution in [2.24, 2.45) is 5.92 Å². The van der Waals surface area contributed by atoms with Crippen molar-refractivity contribution in [2.75, 3.05) is 60.0 Å². The third kappa shape index (κ3) is 5.03. The van der Waals surface area contributed by atoms with Crippen LogP contribution in [0.1, 0.15) is 25.7 Å². The summed E-state index contributed by atoms with van der Waals surface area (Å²) >= 11 is 0. The van der Waals surface area contributed by atoms with Gasteiger partial charge in [-0.2, -0.15) is 0 Å². The van der Waals surface area contributed by atoms with Gasteiger partial charge in [-0.25, -0.2) is 0 Å². The van der Waals surface area contributed by atoms with E-state index in [0.717, 1.165) is 19.1 Å². The Bertz CT molecular complexity index is 236. The van der Waals surface area contributed by atoms with Crippen molar-refractivity contribution in [3.63, 3.8) is 0 Å².